The van der Waals surface area contributed by atoms with Crippen LogP contribution in [-0.2, 0) is 16.0 Å². The maximum Gasteiger partial charge on any atom is 0.335 e. The third-order valence-corrected chi connectivity index (χ3v) is 6.98. The molecule has 5 nitrogen and oxygen atoms in total. The molecule has 178 valence electrons. The highest BCUT2D eigenvalue weighted by Crippen LogP contribution is 2.31. The number of benzene rings is 4. The number of carbonyl (C=O) groups is 3. The van der Waals surface area contributed by atoms with Crippen molar-refractivity contribution in [2.75, 3.05) is 4.90 Å². The van der Waals surface area contributed by atoms with Crippen LogP contribution in [0, 0.1) is 6.92 Å². The van der Waals surface area contributed by atoms with Crippen molar-refractivity contribution in [3.05, 3.63) is 117 Å². The van der Waals surface area contributed by atoms with E-state index in [2.05, 4.69) is 5.32 Å². The third kappa shape index (κ3) is 4.39. The zero-order chi connectivity index (χ0) is 25.4. The fourth-order valence-electron chi connectivity index (χ4n) is 4.27. The smallest absolute Gasteiger partial charge is 0.273 e. The van der Waals surface area contributed by atoms with E-state index in [1.807, 2.05) is 67.6 Å². The number of fused-ring (bicyclic) bond motifs is 1. The molecule has 0 bridgehead atoms. The minimum atomic E-state index is -0.823. The van der Waals surface area contributed by atoms with Crippen LogP contribution in [0.25, 0.3) is 16.8 Å². The highest BCUT2D eigenvalue weighted by molar-refractivity contribution is 6.40. The zero-order valence-corrected chi connectivity index (χ0v) is 20.7. The molecule has 0 saturated carbocycles. The number of anilines is 1. The molecule has 0 unspecified atom stereocenters. The molecular formula is C29H20Cl2N2O3. The summed E-state index contributed by atoms with van der Waals surface area (Å²) < 4.78 is 0. The van der Waals surface area contributed by atoms with Crippen LogP contribution in [0.1, 0.15) is 22.3 Å². The van der Waals surface area contributed by atoms with Gasteiger partial charge in [0, 0.05) is 10.0 Å². The van der Waals surface area contributed by atoms with E-state index in [0.717, 1.165) is 32.4 Å². The molecule has 4 aromatic carbocycles. The van der Waals surface area contributed by atoms with Gasteiger partial charge in [-0.3, -0.25) is 14.9 Å². The molecule has 0 radical (unpaired) electrons. The summed E-state index contributed by atoms with van der Waals surface area (Å²) in [7, 11) is 0. The van der Waals surface area contributed by atoms with Gasteiger partial charge < -0.3 is 0 Å². The van der Waals surface area contributed by atoms with E-state index in [1.54, 1.807) is 18.2 Å². The topological polar surface area (TPSA) is 66.5 Å². The highest BCUT2D eigenvalue weighted by Gasteiger charge is 2.37. The van der Waals surface area contributed by atoms with Gasteiger partial charge in [0.05, 0.1) is 5.69 Å². The van der Waals surface area contributed by atoms with Crippen LogP contribution in [0.3, 0.4) is 0 Å². The summed E-state index contributed by atoms with van der Waals surface area (Å²) in [6.07, 6.45) is 2.05. The molecule has 0 spiro atoms. The molecule has 1 aliphatic rings. The number of urea groups is 1. The predicted molar refractivity (Wildman–Crippen MR) is 143 cm³/mol. The van der Waals surface area contributed by atoms with Gasteiger partial charge in [-0.05, 0) is 70.6 Å². The Kier molecular flexibility index (Phi) is 6.35. The first-order valence-corrected chi connectivity index (χ1v) is 12.0. The molecule has 0 atom stereocenters. The fourth-order valence-corrected chi connectivity index (χ4v) is 4.65. The number of amides is 4. The molecule has 1 aliphatic heterocycles. The monoisotopic (exact) mass is 514 g/mol. The second-order valence-electron chi connectivity index (χ2n) is 8.52. The SMILES string of the molecule is Cc1ccc(N2C(=O)NC(=O)/C(=C\c3c(Cc4ccccc4Cl)ccc4ccccc34)C2=O)cc1Cl. The van der Waals surface area contributed by atoms with Crippen LogP contribution in [0.15, 0.2) is 84.4 Å². The molecule has 0 aliphatic carbocycles. The minimum absolute atomic E-state index is 0.150. The summed E-state index contributed by atoms with van der Waals surface area (Å²) >= 11 is 12.7. The number of nitrogens with one attached hydrogen (secondary N) is 1. The number of halogens is 2. The van der Waals surface area contributed by atoms with E-state index in [0.29, 0.717) is 22.0 Å². The van der Waals surface area contributed by atoms with Crippen molar-refractivity contribution in [2.45, 2.75) is 13.3 Å². The second-order valence-corrected chi connectivity index (χ2v) is 9.33. The number of nitrogens with zero attached hydrogens (tertiary/aromatic N) is 1. The van der Waals surface area contributed by atoms with E-state index >= 15 is 0 Å². The van der Waals surface area contributed by atoms with Gasteiger partial charge in [0.15, 0.2) is 0 Å². The molecule has 7 heteroatoms. The zero-order valence-electron chi connectivity index (χ0n) is 19.2. The maximum atomic E-state index is 13.5. The Balaban J connectivity index is 1.65. The van der Waals surface area contributed by atoms with Crippen LogP contribution >= 0.6 is 23.2 Å². The van der Waals surface area contributed by atoms with Crippen LogP contribution in [-0.4, -0.2) is 17.8 Å². The fraction of sp³-hybridized carbons (Fsp3) is 0.0690. The Morgan fingerprint density at radius 3 is 2.36 bits per heavy atom. The average molecular weight is 515 g/mol. The molecule has 5 rings (SSSR count). The van der Waals surface area contributed by atoms with Crippen molar-refractivity contribution >= 4 is 63.6 Å². The van der Waals surface area contributed by atoms with Crippen LogP contribution in [0.4, 0.5) is 10.5 Å². The number of imide groups is 2. The number of aryl methyl sites for hydroxylation is 1. The Morgan fingerprint density at radius 1 is 0.833 bits per heavy atom. The van der Waals surface area contributed by atoms with Crippen molar-refractivity contribution in [1.29, 1.82) is 0 Å². The summed E-state index contributed by atoms with van der Waals surface area (Å²) in [5, 5.41) is 5.15. The van der Waals surface area contributed by atoms with Gasteiger partial charge in [-0.25, -0.2) is 9.69 Å². The van der Waals surface area contributed by atoms with Crippen molar-refractivity contribution in [3.8, 4) is 0 Å². The quantitative estimate of drug-likeness (QED) is 0.243. The predicted octanol–water partition coefficient (Wildman–Crippen LogP) is 6.71. The number of barbiturate groups is 1. The molecule has 0 aromatic heterocycles. The molecule has 1 heterocycles. The van der Waals surface area contributed by atoms with Gasteiger partial charge in [-0.1, -0.05) is 83.9 Å². The number of carbonyl (C=O) groups excluding carboxylic acids is 3. The molecular weight excluding hydrogens is 495 g/mol. The average Bonchev–Trinajstić information content (AvgIpc) is 2.86. The summed E-state index contributed by atoms with van der Waals surface area (Å²) in [6.45, 7) is 1.82. The molecule has 1 saturated heterocycles. The van der Waals surface area contributed by atoms with Crippen LogP contribution < -0.4 is 10.2 Å². The van der Waals surface area contributed by atoms with Crippen molar-refractivity contribution < 1.29 is 14.4 Å². The Bertz CT molecular complexity index is 1590. The molecule has 1 N–H and O–H groups in total. The van der Waals surface area contributed by atoms with Gasteiger partial charge in [-0.15, -0.1) is 0 Å². The lowest BCUT2D eigenvalue weighted by molar-refractivity contribution is -0.122. The second kappa shape index (κ2) is 9.61. The first-order chi connectivity index (χ1) is 17.3. The molecule has 36 heavy (non-hydrogen) atoms. The standard InChI is InChI=1S/C29H20Cl2N2O3/c1-17-10-13-21(15-26(17)31)33-28(35)24(27(34)32-29(33)36)16-23-19(14-20-7-3-5-9-25(20)30)12-11-18-6-2-4-8-22(18)23/h2-13,15-16H,14H2,1H3,(H,32,34,36)/b24-16+. The summed E-state index contributed by atoms with van der Waals surface area (Å²) in [5.41, 5.74) is 3.44. The van der Waals surface area contributed by atoms with E-state index in [4.69, 9.17) is 23.2 Å². The first kappa shape index (κ1) is 23.8. The lowest BCUT2D eigenvalue weighted by atomic mass is 9.92. The van der Waals surface area contributed by atoms with Gasteiger partial charge in [0.2, 0.25) is 0 Å². The van der Waals surface area contributed by atoms with Crippen molar-refractivity contribution in [1.82, 2.24) is 5.32 Å². The lowest BCUT2D eigenvalue weighted by Crippen LogP contribution is -2.54. The lowest BCUT2D eigenvalue weighted by Gasteiger charge is -2.27. The normalized spacial score (nSPS) is 15.0. The molecule has 4 amide bonds. The summed E-state index contributed by atoms with van der Waals surface area (Å²) in [6, 6.07) is 23.3. The minimum Gasteiger partial charge on any atom is -0.273 e. The largest absolute Gasteiger partial charge is 0.335 e. The Morgan fingerprint density at radius 2 is 1.58 bits per heavy atom. The first-order valence-electron chi connectivity index (χ1n) is 11.2. The van der Waals surface area contributed by atoms with E-state index in [9.17, 15) is 14.4 Å². The maximum absolute atomic E-state index is 13.5. The van der Waals surface area contributed by atoms with Gasteiger partial charge in [0.25, 0.3) is 11.8 Å². The Hall–Kier alpha value is -3.93. The number of rotatable bonds is 4. The van der Waals surface area contributed by atoms with E-state index in [1.165, 1.54) is 6.07 Å². The summed E-state index contributed by atoms with van der Waals surface area (Å²) in [4.78, 5) is 40.0. The van der Waals surface area contributed by atoms with Crippen LogP contribution in [0.5, 0.6) is 0 Å². The highest BCUT2D eigenvalue weighted by atomic mass is 35.5. The summed E-state index contributed by atoms with van der Waals surface area (Å²) in [5.74, 6) is -1.48. The molecule has 4 aromatic rings. The third-order valence-electron chi connectivity index (χ3n) is 6.20. The van der Waals surface area contributed by atoms with Crippen molar-refractivity contribution in [3.63, 3.8) is 0 Å². The van der Waals surface area contributed by atoms with Crippen LogP contribution in [0.2, 0.25) is 10.0 Å². The van der Waals surface area contributed by atoms with Gasteiger partial charge in [0.1, 0.15) is 5.57 Å². The van der Waals surface area contributed by atoms with Gasteiger partial charge >= 0.3 is 6.03 Å². The van der Waals surface area contributed by atoms with E-state index < -0.39 is 17.8 Å². The molecule has 1 fully saturated rings. The van der Waals surface area contributed by atoms with E-state index in [-0.39, 0.29) is 11.3 Å². The number of hydrogen-bond acceptors (Lipinski definition) is 3. The Labute approximate surface area is 217 Å². The van der Waals surface area contributed by atoms with Gasteiger partial charge in [-0.2, -0.15) is 0 Å². The number of hydrogen-bond donors (Lipinski definition) is 1. The van der Waals surface area contributed by atoms with Crippen molar-refractivity contribution in [2.24, 2.45) is 0 Å².